The molecule has 0 saturated carbocycles. The molecule has 0 fully saturated rings. The lowest BCUT2D eigenvalue weighted by atomic mass is 10.1. The molecule has 0 radical (unpaired) electrons. The third kappa shape index (κ3) is 7.81. The maximum atomic E-state index is 10.8. The van der Waals surface area contributed by atoms with Crippen LogP contribution in [0.3, 0.4) is 0 Å². The van der Waals surface area contributed by atoms with E-state index in [1.165, 1.54) is 25.7 Å². The SMILES string of the molecule is CCCCCCCCC(I)(I)S(=O)[O-]. The summed E-state index contributed by atoms with van der Waals surface area (Å²) >= 11 is 2.05. The van der Waals surface area contributed by atoms with Crippen molar-refractivity contribution in [1.29, 1.82) is 0 Å². The van der Waals surface area contributed by atoms with Crippen molar-refractivity contribution in [2.45, 2.75) is 52.6 Å². The lowest BCUT2D eigenvalue weighted by molar-refractivity contribution is 0.526. The molecule has 1 atom stereocenters. The van der Waals surface area contributed by atoms with Gasteiger partial charge in [-0.25, -0.2) is 0 Å². The second-order valence-electron chi connectivity index (χ2n) is 3.39. The summed E-state index contributed by atoms with van der Waals surface area (Å²) in [5.41, 5.74) is 0. The lowest BCUT2D eigenvalue weighted by Gasteiger charge is -2.23. The quantitative estimate of drug-likeness (QED) is 0.245. The molecule has 0 amide bonds. The average molecular weight is 443 g/mol. The van der Waals surface area contributed by atoms with E-state index in [2.05, 4.69) is 6.92 Å². The maximum Gasteiger partial charge on any atom is 0.134 e. The predicted octanol–water partition coefficient (Wildman–Crippen LogP) is 4.14. The number of hydrogen-bond acceptors (Lipinski definition) is 2. The highest BCUT2D eigenvalue weighted by atomic mass is 127. The zero-order valence-corrected chi connectivity index (χ0v) is 13.6. The van der Waals surface area contributed by atoms with Gasteiger partial charge in [0.1, 0.15) is 0.760 Å². The molecule has 5 heteroatoms. The number of unbranched alkanes of at least 4 members (excludes halogenated alkanes) is 5. The topological polar surface area (TPSA) is 40.1 Å². The first-order valence-electron chi connectivity index (χ1n) is 4.98. The highest BCUT2D eigenvalue weighted by Gasteiger charge is 2.22. The van der Waals surface area contributed by atoms with Gasteiger partial charge < -0.3 is 4.55 Å². The molecule has 0 aliphatic carbocycles. The van der Waals surface area contributed by atoms with Crippen molar-refractivity contribution in [2.75, 3.05) is 0 Å². The van der Waals surface area contributed by atoms with E-state index in [9.17, 15) is 8.76 Å². The molecule has 14 heavy (non-hydrogen) atoms. The van der Waals surface area contributed by atoms with E-state index in [1.807, 2.05) is 45.2 Å². The van der Waals surface area contributed by atoms with Gasteiger partial charge in [0.05, 0.1) is 0 Å². The average Bonchev–Trinajstić information content (AvgIpc) is 2.10. The largest absolute Gasteiger partial charge is 0.771 e. The molecule has 86 valence electrons. The summed E-state index contributed by atoms with van der Waals surface area (Å²) in [6.45, 7) is 2.20. The molecular formula is C9H17I2O2S-. The van der Waals surface area contributed by atoms with Gasteiger partial charge in [-0.05, 0) is 17.5 Å². The fraction of sp³-hybridized carbons (Fsp3) is 1.00. The van der Waals surface area contributed by atoms with Crippen molar-refractivity contribution in [3.05, 3.63) is 0 Å². The standard InChI is InChI=1S/C9H18I2O2S/c1-2-3-4-5-6-7-8-9(10,11)14(12)13/h2-8H2,1H3,(H,12,13)/p-1. The molecule has 0 aliphatic heterocycles. The summed E-state index contributed by atoms with van der Waals surface area (Å²) in [5, 5.41) is 0. The van der Waals surface area contributed by atoms with Crippen LogP contribution in [0.2, 0.25) is 0 Å². The van der Waals surface area contributed by atoms with Crippen LogP contribution in [-0.2, 0) is 11.1 Å². The van der Waals surface area contributed by atoms with Crippen LogP contribution in [0.25, 0.3) is 0 Å². The van der Waals surface area contributed by atoms with Crippen LogP contribution in [0, 0.1) is 0 Å². The third-order valence-electron chi connectivity index (χ3n) is 2.07. The molecule has 0 aromatic heterocycles. The summed E-state index contributed by atoms with van der Waals surface area (Å²) in [6, 6.07) is 0. The fourth-order valence-electron chi connectivity index (χ4n) is 1.19. The molecule has 0 aliphatic rings. The Balaban J connectivity index is 3.40. The van der Waals surface area contributed by atoms with E-state index >= 15 is 0 Å². The maximum absolute atomic E-state index is 10.8. The summed E-state index contributed by atoms with van der Waals surface area (Å²) in [5.74, 6) is 0. The minimum Gasteiger partial charge on any atom is -0.771 e. The van der Waals surface area contributed by atoms with Gasteiger partial charge in [0.25, 0.3) is 0 Å². The van der Waals surface area contributed by atoms with Gasteiger partial charge >= 0.3 is 0 Å². The summed E-state index contributed by atoms with van der Waals surface area (Å²) in [4.78, 5) is 0. The van der Waals surface area contributed by atoms with Gasteiger partial charge in [-0.1, -0.05) is 90.6 Å². The molecule has 0 N–H and O–H groups in total. The van der Waals surface area contributed by atoms with Crippen molar-refractivity contribution in [2.24, 2.45) is 0 Å². The zero-order valence-electron chi connectivity index (χ0n) is 8.43. The van der Waals surface area contributed by atoms with Crippen LogP contribution in [-0.4, -0.2) is 9.52 Å². The minimum atomic E-state index is -1.96. The van der Waals surface area contributed by atoms with Gasteiger partial charge in [-0.3, -0.25) is 4.21 Å². The number of hydrogen-bond donors (Lipinski definition) is 0. The van der Waals surface area contributed by atoms with Gasteiger partial charge in [0, 0.05) is 0 Å². The molecule has 0 saturated heterocycles. The first kappa shape index (κ1) is 15.6. The Labute approximate surface area is 117 Å². The molecular weight excluding hydrogens is 426 g/mol. The summed E-state index contributed by atoms with van der Waals surface area (Å²) in [6.07, 6.45) is 8.01. The van der Waals surface area contributed by atoms with Crippen molar-refractivity contribution < 1.29 is 8.76 Å². The van der Waals surface area contributed by atoms with Crippen LogP contribution < -0.4 is 0 Å². The van der Waals surface area contributed by atoms with Crippen molar-refractivity contribution in [3.63, 3.8) is 0 Å². The molecule has 0 bridgehead atoms. The van der Waals surface area contributed by atoms with Crippen LogP contribution >= 0.6 is 45.2 Å². The van der Waals surface area contributed by atoms with E-state index in [-0.39, 0.29) is 0 Å². The van der Waals surface area contributed by atoms with Crippen LogP contribution in [0.1, 0.15) is 51.9 Å². The third-order valence-corrected chi connectivity index (χ3v) is 5.99. The highest BCUT2D eigenvalue weighted by molar-refractivity contribution is 14.2. The fourth-order valence-corrected chi connectivity index (χ4v) is 2.27. The monoisotopic (exact) mass is 443 g/mol. The Hall–Kier alpha value is 1.57. The number of halogens is 2. The predicted molar refractivity (Wildman–Crippen MR) is 77.7 cm³/mol. The van der Waals surface area contributed by atoms with Crippen LogP contribution in [0.4, 0.5) is 0 Å². The summed E-state index contributed by atoms with van der Waals surface area (Å²) < 4.78 is 20.9. The van der Waals surface area contributed by atoms with Gasteiger partial charge in [-0.15, -0.1) is 0 Å². The van der Waals surface area contributed by atoms with Crippen LogP contribution in [0.5, 0.6) is 0 Å². The Morgan fingerprint density at radius 1 is 1.14 bits per heavy atom. The van der Waals surface area contributed by atoms with E-state index in [0.29, 0.717) is 0 Å². The molecule has 0 aromatic rings. The van der Waals surface area contributed by atoms with E-state index in [1.54, 1.807) is 0 Å². The summed E-state index contributed by atoms with van der Waals surface area (Å²) in [7, 11) is 0. The number of alkyl halides is 2. The van der Waals surface area contributed by atoms with Crippen molar-refractivity contribution in [3.8, 4) is 0 Å². The Kier molecular flexibility index (Phi) is 9.67. The van der Waals surface area contributed by atoms with Gasteiger partial charge in [0.2, 0.25) is 0 Å². The van der Waals surface area contributed by atoms with Crippen molar-refractivity contribution >= 4 is 56.3 Å². The Bertz CT molecular complexity index is 174. The van der Waals surface area contributed by atoms with E-state index in [4.69, 9.17) is 0 Å². The normalized spacial score (nSPS) is 14.3. The van der Waals surface area contributed by atoms with Crippen molar-refractivity contribution in [1.82, 2.24) is 0 Å². The molecule has 1 unspecified atom stereocenters. The Morgan fingerprint density at radius 2 is 1.64 bits per heavy atom. The Morgan fingerprint density at radius 3 is 2.14 bits per heavy atom. The number of rotatable bonds is 8. The van der Waals surface area contributed by atoms with E-state index < -0.39 is 11.8 Å². The first-order valence-corrected chi connectivity index (χ1v) is 8.21. The molecule has 0 heterocycles. The smallest absolute Gasteiger partial charge is 0.134 e. The highest BCUT2D eigenvalue weighted by Crippen LogP contribution is 2.36. The van der Waals surface area contributed by atoms with Gasteiger partial charge in [-0.2, -0.15) is 0 Å². The molecule has 0 rings (SSSR count). The lowest BCUT2D eigenvalue weighted by Crippen LogP contribution is -2.17. The zero-order chi connectivity index (χ0) is 11.0. The second kappa shape index (κ2) is 8.69. The van der Waals surface area contributed by atoms with Gasteiger partial charge in [0.15, 0.2) is 0 Å². The van der Waals surface area contributed by atoms with E-state index in [0.717, 1.165) is 19.3 Å². The van der Waals surface area contributed by atoms with Crippen LogP contribution in [0.15, 0.2) is 0 Å². The molecule has 2 nitrogen and oxygen atoms in total. The molecule has 0 aromatic carbocycles. The first-order chi connectivity index (χ1) is 6.50. The second-order valence-corrected chi connectivity index (χ2v) is 11.8. The molecule has 0 spiro atoms. The minimum absolute atomic E-state index is 0.597.